The van der Waals surface area contributed by atoms with Crippen molar-refractivity contribution in [3.8, 4) is 6.07 Å². The molecule has 0 radical (unpaired) electrons. The standard InChI is InChI=1S/C13H11N3O2S/c14-6-8-7-16(13(18)15-12(8)17)10-2-1-3-11-9(10)4-5-19-11/h4-5,7,10H,1-3H2,(H,15,17,18). The second-order valence-electron chi connectivity index (χ2n) is 4.53. The summed E-state index contributed by atoms with van der Waals surface area (Å²) >= 11 is 1.69. The van der Waals surface area contributed by atoms with Crippen LogP contribution in [0.1, 0.15) is 34.9 Å². The molecule has 0 spiro atoms. The molecule has 0 aliphatic heterocycles. The third-order valence-corrected chi connectivity index (χ3v) is 4.44. The molecule has 0 saturated heterocycles. The number of fused-ring (bicyclic) bond motifs is 1. The molecule has 6 heteroatoms. The number of rotatable bonds is 1. The van der Waals surface area contributed by atoms with Gasteiger partial charge in [-0.1, -0.05) is 0 Å². The van der Waals surface area contributed by atoms with Crippen molar-refractivity contribution in [2.45, 2.75) is 25.3 Å². The van der Waals surface area contributed by atoms with Crippen LogP contribution in [-0.4, -0.2) is 9.55 Å². The van der Waals surface area contributed by atoms with E-state index in [4.69, 9.17) is 5.26 Å². The molecule has 1 aliphatic rings. The minimum atomic E-state index is -0.620. The Morgan fingerprint density at radius 3 is 3.11 bits per heavy atom. The van der Waals surface area contributed by atoms with Crippen LogP contribution in [0.15, 0.2) is 27.2 Å². The van der Waals surface area contributed by atoms with Crippen molar-refractivity contribution in [3.05, 3.63) is 54.5 Å². The molecule has 2 heterocycles. The summed E-state index contributed by atoms with van der Waals surface area (Å²) in [5.74, 6) is 0. The van der Waals surface area contributed by atoms with Crippen molar-refractivity contribution < 1.29 is 0 Å². The van der Waals surface area contributed by atoms with Gasteiger partial charge in [-0.3, -0.25) is 14.3 Å². The highest BCUT2D eigenvalue weighted by Gasteiger charge is 2.24. The summed E-state index contributed by atoms with van der Waals surface area (Å²) in [5, 5.41) is 10.9. The first-order valence-electron chi connectivity index (χ1n) is 6.02. The molecule has 1 aliphatic carbocycles. The van der Waals surface area contributed by atoms with Gasteiger partial charge in [0.2, 0.25) is 0 Å². The zero-order chi connectivity index (χ0) is 13.4. The fourth-order valence-electron chi connectivity index (χ4n) is 2.55. The van der Waals surface area contributed by atoms with E-state index in [1.807, 2.05) is 17.5 Å². The number of aromatic nitrogens is 2. The monoisotopic (exact) mass is 273 g/mol. The van der Waals surface area contributed by atoms with Gasteiger partial charge >= 0.3 is 5.69 Å². The van der Waals surface area contributed by atoms with E-state index in [1.165, 1.54) is 15.6 Å². The minimum absolute atomic E-state index is 0.0260. The molecule has 1 N–H and O–H groups in total. The summed E-state index contributed by atoms with van der Waals surface area (Å²) < 4.78 is 1.48. The lowest BCUT2D eigenvalue weighted by Gasteiger charge is -2.24. The summed E-state index contributed by atoms with van der Waals surface area (Å²) in [4.78, 5) is 26.8. The van der Waals surface area contributed by atoms with Gasteiger partial charge in [-0.25, -0.2) is 4.79 Å². The van der Waals surface area contributed by atoms with Crippen LogP contribution >= 0.6 is 11.3 Å². The molecule has 1 atom stereocenters. The van der Waals surface area contributed by atoms with Gasteiger partial charge in [-0.15, -0.1) is 11.3 Å². The first-order chi connectivity index (χ1) is 9.20. The molecule has 0 amide bonds. The Labute approximate surface area is 112 Å². The van der Waals surface area contributed by atoms with Crippen LogP contribution in [0.5, 0.6) is 0 Å². The maximum Gasteiger partial charge on any atom is 0.328 e. The first kappa shape index (κ1) is 11.9. The van der Waals surface area contributed by atoms with Gasteiger partial charge in [0.05, 0.1) is 6.04 Å². The van der Waals surface area contributed by atoms with Crippen molar-refractivity contribution in [2.75, 3.05) is 0 Å². The molecule has 0 bridgehead atoms. The van der Waals surface area contributed by atoms with E-state index in [0.717, 1.165) is 24.8 Å². The van der Waals surface area contributed by atoms with Crippen molar-refractivity contribution in [3.63, 3.8) is 0 Å². The zero-order valence-corrected chi connectivity index (χ0v) is 10.9. The smallest absolute Gasteiger partial charge is 0.292 e. The molecule has 0 saturated carbocycles. The number of H-pyrrole nitrogens is 1. The van der Waals surface area contributed by atoms with Gasteiger partial charge in [0, 0.05) is 11.1 Å². The third-order valence-electron chi connectivity index (χ3n) is 3.44. The van der Waals surface area contributed by atoms with Crippen LogP contribution < -0.4 is 11.2 Å². The SMILES string of the molecule is N#Cc1cn(C2CCCc3sccc32)c(=O)[nH]c1=O. The second-order valence-corrected chi connectivity index (χ2v) is 5.53. The molecule has 1 unspecified atom stereocenters. The predicted molar refractivity (Wildman–Crippen MR) is 71.4 cm³/mol. The van der Waals surface area contributed by atoms with Crippen LogP contribution in [0, 0.1) is 11.3 Å². The summed E-state index contributed by atoms with van der Waals surface area (Å²) in [6, 6.07) is 3.76. The largest absolute Gasteiger partial charge is 0.328 e. The molecule has 5 nitrogen and oxygen atoms in total. The maximum atomic E-state index is 11.9. The molecule has 2 aromatic heterocycles. The number of aryl methyl sites for hydroxylation is 1. The normalized spacial score (nSPS) is 17.7. The molecule has 0 fully saturated rings. The van der Waals surface area contributed by atoms with E-state index in [1.54, 1.807) is 11.3 Å². The number of thiophene rings is 1. The molecule has 96 valence electrons. The van der Waals surface area contributed by atoms with Crippen LogP contribution in [0.2, 0.25) is 0 Å². The summed E-state index contributed by atoms with van der Waals surface area (Å²) in [7, 11) is 0. The second kappa shape index (κ2) is 4.52. The van der Waals surface area contributed by atoms with E-state index in [0.29, 0.717) is 0 Å². The minimum Gasteiger partial charge on any atom is -0.292 e. The number of hydrogen-bond donors (Lipinski definition) is 1. The Hall–Kier alpha value is -2.13. The van der Waals surface area contributed by atoms with Gasteiger partial charge in [-0.05, 0) is 36.3 Å². The van der Waals surface area contributed by atoms with Crippen LogP contribution in [0.4, 0.5) is 0 Å². The average Bonchev–Trinajstić information content (AvgIpc) is 2.87. The highest BCUT2D eigenvalue weighted by atomic mass is 32.1. The summed E-state index contributed by atoms with van der Waals surface area (Å²) in [6.45, 7) is 0. The van der Waals surface area contributed by atoms with Crippen LogP contribution in [0.25, 0.3) is 0 Å². The number of hydrogen-bond acceptors (Lipinski definition) is 4. The fourth-order valence-corrected chi connectivity index (χ4v) is 3.53. The number of aromatic amines is 1. The van der Waals surface area contributed by atoms with Crippen molar-refractivity contribution in [1.82, 2.24) is 9.55 Å². The van der Waals surface area contributed by atoms with E-state index >= 15 is 0 Å². The zero-order valence-electron chi connectivity index (χ0n) is 10.0. The lowest BCUT2D eigenvalue weighted by atomic mass is 9.94. The number of nitrogens with one attached hydrogen (secondary N) is 1. The lowest BCUT2D eigenvalue weighted by Crippen LogP contribution is -2.34. The highest BCUT2D eigenvalue weighted by Crippen LogP contribution is 2.34. The summed E-state index contributed by atoms with van der Waals surface area (Å²) in [6.07, 6.45) is 4.26. The molecule has 0 aromatic carbocycles. The Balaban J connectivity index is 2.18. The Morgan fingerprint density at radius 2 is 2.32 bits per heavy atom. The van der Waals surface area contributed by atoms with E-state index in [2.05, 4.69) is 4.98 Å². The number of nitriles is 1. The highest BCUT2D eigenvalue weighted by molar-refractivity contribution is 7.10. The quantitative estimate of drug-likeness (QED) is 0.853. The predicted octanol–water partition coefficient (Wildman–Crippen LogP) is 1.40. The Kier molecular flexibility index (Phi) is 2.84. The van der Waals surface area contributed by atoms with Crippen molar-refractivity contribution in [2.24, 2.45) is 0 Å². The first-order valence-corrected chi connectivity index (χ1v) is 6.90. The fraction of sp³-hybridized carbons (Fsp3) is 0.308. The Morgan fingerprint density at radius 1 is 1.47 bits per heavy atom. The van der Waals surface area contributed by atoms with Crippen molar-refractivity contribution in [1.29, 1.82) is 5.26 Å². The van der Waals surface area contributed by atoms with Gasteiger partial charge in [0.25, 0.3) is 5.56 Å². The topological polar surface area (TPSA) is 78.7 Å². The van der Waals surface area contributed by atoms with Gasteiger partial charge in [0.15, 0.2) is 0 Å². The van der Waals surface area contributed by atoms with Gasteiger partial charge in [-0.2, -0.15) is 5.26 Å². The molecular formula is C13H11N3O2S. The summed E-state index contributed by atoms with van der Waals surface area (Å²) in [5.41, 5.74) is 0.0365. The third kappa shape index (κ3) is 1.92. The molecule has 2 aromatic rings. The Bertz CT molecular complexity index is 778. The van der Waals surface area contributed by atoms with Crippen LogP contribution in [-0.2, 0) is 6.42 Å². The van der Waals surface area contributed by atoms with E-state index in [9.17, 15) is 9.59 Å². The molecule has 19 heavy (non-hydrogen) atoms. The number of nitrogens with zero attached hydrogens (tertiary/aromatic N) is 2. The van der Waals surface area contributed by atoms with Gasteiger partial charge in [0.1, 0.15) is 11.6 Å². The average molecular weight is 273 g/mol. The van der Waals surface area contributed by atoms with E-state index in [-0.39, 0.29) is 11.6 Å². The molecular weight excluding hydrogens is 262 g/mol. The molecule has 3 rings (SSSR count). The van der Waals surface area contributed by atoms with Gasteiger partial charge < -0.3 is 0 Å². The lowest BCUT2D eigenvalue weighted by molar-refractivity contribution is 0.473. The van der Waals surface area contributed by atoms with Crippen molar-refractivity contribution >= 4 is 11.3 Å². The van der Waals surface area contributed by atoms with Crippen LogP contribution in [0.3, 0.4) is 0 Å². The maximum absolute atomic E-state index is 11.9. The van der Waals surface area contributed by atoms with E-state index < -0.39 is 11.2 Å².